The lowest BCUT2D eigenvalue weighted by Crippen LogP contribution is -2.45. The molecule has 2 amide bonds. The molecular weight excluding hydrogens is 434 g/mol. The molecule has 1 aromatic heterocycles. The second-order valence-electron chi connectivity index (χ2n) is 8.96. The summed E-state index contributed by atoms with van der Waals surface area (Å²) in [5.41, 5.74) is 2.96. The molecule has 1 atom stereocenters. The van der Waals surface area contributed by atoms with Crippen LogP contribution in [0, 0.1) is 19.8 Å². The van der Waals surface area contributed by atoms with Crippen molar-refractivity contribution in [2.24, 2.45) is 5.92 Å². The number of likely N-dealkylation sites (tertiary alicyclic amines) is 1. The second kappa shape index (κ2) is 11.2. The van der Waals surface area contributed by atoms with Gasteiger partial charge in [0.25, 0.3) is 5.91 Å². The smallest absolute Gasteiger partial charge is 0.340 e. The molecule has 8 heteroatoms. The summed E-state index contributed by atoms with van der Waals surface area (Å²) >= 11 is 0. The third-order valence-electron chi connectivity index (χ3n) is 5.97. The minimum atomic E-state index is -0.438. The van der Waals surface area contributed by atoms with Crippen LogP contribution in [0.5, 0.6) is 5.75 Å². The van der Waals surface area contributed by atoms with E-state index in [1.165, 1.54) is 0 Å². The standard InChI is InChI=1S/C26H35N3O5/c1-6-33-26(32)22-17(4)23(28-18(22)5)25(31)29-13-7-8-20(15-29)24(30)27-14-19-9-11-21(12-10-19)34-16(2)3/h9-12,16,20,28H,6-8,13-15H2,1-5H3,(H,27,30)/t20-/m0/s1. The molecule has 0 unspecified atom stereocenters. The van der Waals surface area contributed by atoms with E-state index in [2.05, 4.69) is 10.3 Å². The molecule has 1 aromatic carbocycles. The molecule has 0 saturated carbocycles. The fourth-order valence-electron chi connectivity index (χ4n) is 4.30. The quantitative estimate of drug-likeness (QED) is 0.574. The van der Waals surface area contributed by atoms with Gasteiger partial charge >= 0.3 is 5.97 Å². The molecule has 34 heavy (non-hydrogen) atoms. The van der Waals surface area contributed by atoms with E-state index in [9.17, 15) is 14.4 Å². The molecule has 8 nitrogen and oxygen atoms in total. The highest BCUT2D eigenvalue weighted by Gasteiger charge is 2.31. The van der Waals surface area contributed by atoms with E-state index >= 15 is 0 Å². The summed E-state index contributed by atoms with van der Waals surface area (Å²) in [5.74, 6) is -0.178. The van der Waals surface area contributed by atoms with Gasteiger partial charge < -0.3 is 24.7 Å². The Morgan fingerprint density at radius 3 is 2.53 bits per heavy atom. The Balaban J connectivity index is 1.60. The minimum Gasteiger partial charge on any atom is -0.491 e. The summed E-state index contributed by atoms with van der Waals surface area (Å²) in [6, 6.07) is 7.67. The molecule has 1 aliphatic heterocycles. The zero-order chi connectivity index (χ0) is 24.8. The number of hydrogen-bond acceptors (Lipinski definition) is 5. The molecule has 1 aliphatic rings. The number of aromatic nitrogens is 1. The Morgan fingerprint density at radius 2 is 1.88 bits per heavy atom. The maximum Gasteiger partial charge on any atom is 0.340 e. The first-order chi connectivity index (χ1) is 16.2. The van der Waals surface area contributed by atoms with Gasteiger partial charge in [-0.25, -0.2) is 4.79 Å². The van der Waals surface area contributed by atoms with Crippen molar-refractivity contribution in [2.45, 2.75) is 60.1 Å². The Hall–Kier alpha value is -3.29. The Labute approximate surface area is 201 Å². The van der Waals surface area contributed by atoms with Crippen LogP contribution in [0.25, 0.3) is 0 Å². The number of carbonyl (C=O) groups excluding carboxylic acids is 3. The SMILES string of the molecule is CCOC(=O)c1c(C)[nH]c(C(=O)N2CCC[C@H](C(=O)NCc3ccc(OC(C)C)cc3)C2)c1C. The van der Waals surface area contributed by atoms with Gasteiger partial charge in [-0.05, 0) is 70.7 Å². The van der Waals surface area contributed by atoms with Crippen LogP contribution >= 0.6 is 0 Å². The molecule has 0 spiro atoms. The fourth-order valence-corrected chi connectivity index (χ4v) is 4.30. The molecular formula is C26H35N3O5. The number of ether oxygens (including phenoxy) is 2. The highest BCUT2D eigenvalue weighted by molar-refractivity contribution is 6.00. The fraction of sp³-hybridized carbons (Fsp3) is 0.500. The van der Waals surface area contributed by atoms with Crippen LogP contribution in [-0.2, 0) is 16.1 Å². The molecule has 1 fully saturated rings. The van der Waals surface area contributed by atoms with E-state index in [-0.39, 0.29) is 30.4 Å². The maximum absolute atomic E-state index is 13.2. The number of aromatic amines is 1. The Kier molecular flexibility index (Phi) is 8.36. The summed E-state index contributed by atoms with van der Waals surface area (Å²) in [6.07, 6.45) is 1.58. The Morgan fingerprint density at radius 1 is 1.18 bits per heavy atom. The van der Waals surface area contributed by atoms with Crippen molar-refractivity contribution < 1.29 is 23.9 Å². The van der Waals surface area contributed by atoms with E-state index in [1.54, 1.807) is 25.7 Å². The lowest BCUT2D eigenvalue weighted by Gasteiger charge is -2.32. The zero-order valence-electron chi connectivity index (χ0n) is 20.7. The van der Waals surface area contributed by atoms with Gasteiger partial charge in [0.1, 0.15) is 11.4 Å². The number of benzene rings is 1. The van der Waals surface area contributed by atoms with Crippen molar-refractivity contribution in [1.29, 1.82) is 0 Å². The molecule has 1 saturated heterocycles. The monoisotopic (exact) mass is 469 g/mol. The van der Waals surface area contributed by atoms with Gasteiger partial charge in [0, 0.05) is 25.3 Å². The first-order valence-electron chi connectivity index (χ1n) is 11.9. The van der Waals surface area contributed by atoms with Crippen molar-refractivity contribution >= 4 is 17.8 Å². The molecule has 2 N–H and O–H groups in total. The third-order valence-corrected chi connectivity index (χ3v) is 5.97. The predicted octanol–water partition coefficient (Wildman–Crippen LogP) is 3.76. The number of esters is 1. The summed E-state index contributed by atoms with van der Waals surface area (Å²) in [7, 11) is 0. The number of nitrogens with zero attached hydrogens (tertiary/aromatic N) is 1. The first-order valence-corrected chi connectivity index (χ1v) is 11.9. The van der Waals surface area contributed by atoms with E-state index < -0.39 is 5.97 Å². The van der Waals surface area contributed by atoms with Gasteiger partial charge in [-0.15, -0.1) is 0 Å². The predicted molar refractivity (Wildman–Crippen MR) is 129 cm³/mol. The van der Waals surface area contributed by atoms with Gasteiger partial charge in [-0.1, -0.05) is 12.1 Å². The number of nitrogens with one attached hydrogen (secondary N) is 2. The van der Waals surface area contributed by atoms with E-state index in [0.717, 1.165) is 24.2 Å². The molecule has 0 aliphatic carbocycles. The van der Waals surface area contributed by atoms with Crippen LogP contribution in [0.15, 0.2) is 24.3 Å². The number of hydrogen-bond donors (Lipinski definition) is 2. The maximum atomic E-state index is 13.2. The molecule has 184 valence electrons. The topological polar surface area (TPSA) is 101 Å². The van der Waals surface area contributed by atoms with Crippen molar-refractivity contribution in [3.05, 3.63) is 52.3 Å². The molecule has 3 rings (SSSR count). The normalized spacial score (nSPS) is 15.8. The van der Waals surface area contributed by atoms with E-state index in [4.69, 9.17) is 9.47 Å². The Bertz CT molecular complexity index is 1030. The summed E-state index contributed by atoms with van der Waals surface area (Å²) in [6.45, 7) is 10.8. The van der Waals surface area contributed by atoms with Crippen LogP contribution in [0.1, 0.15) is 71.3 Å². The molecule has 0 bridgehead atoms. The minimum absolute atomic E-state index is 0.0633. The van der Waals surface area contributed by atoms with Crippen molar-refractivity contribution in [1.82, 2.24) is 15.2 Å². The van der Waals surface area contributed by atoms with Crippen molar-refractivity contribution in [3.8, 4) is 5.75 Å². The first kappa shape index (κ1) is 25.3. The van der Waals surface area contributed by atoms with Crippen molar-refractivity contribution in [3.63, 3.8) is 0 Å². The van der Waals surface area contributed by atoms with Gasteiger partial charge in [-0.2, -0.15) is 0 Å². The van der Waals surface area contributed by atoms with Gasteiger partial charge in [-0.3, -0.25) is 9.59 Å². The second-order valence-corrected chi connectivity index (χ2v) is 8.96. The number of amides is 2. The highest BCUT2D eigenvalue weighted by atomic mass is 16.5. The lowest BCUT2D eigenvalue weighted by molar-refractivity contribution is -0.126. The van der Waals surface area contributed by atoms with E-state index in [0.29, 0.717) is 42.1 Å². The molecule has 2 aromatic rings. The highest BCUT2D eigenvalue weighted by Crippen LogP contribution is 2.24. The average molecular weight is 470 g/mol. The van der Waals surface area contributed by atoms with Crippen LogP contribution in [0.4, 0.5) is 0 Å². The van der Waals surface area contributed by atoms with E-state index in [1.807, 2.05) is 38.1 Å². The van der Waals surface area contributed by atoms with Crippen LogP contribution in [0.3, 0.4) is 0 Å². The number of carbonyl (C=O) groups is 3. The third kappa shape index (κ3) is 5.98. The van der Waals surface area contributed by atoms with Gasteiger partial charge in [0.2, 0.25) is 5.91 Å². The lowest BCUT2D eigenvalue weighted by atomic mass is 9.96. The van der Waals surface area contributed by atoms with Crippen LogP contribution in [0.2, 0.25) is 0 Å². The van der Waals surface area contributed by atoms with Gasteiger partial charge in [0.15, 0.2) is 0 Å². The number of H-pyrrole nitrogens is 1. The number of rotatable bonds is 8. The number of aryl methyl sites for hydroxylation is 1. The van der Waals surface area contributed by atoms with Crippen LogP contribution < -0.4 is 10.1 Å². The summed E-state index contributed by atoms with van der Waals surface area (Å²) < 4.78 is 10.8. The number of piperidine rings is 1. The van der Waals surface area contributed by atoms with Gasteiger partial charge in [0.05, 0.1) is 24.2 Å². The van der Waals surface area contributed by atoms with Crippen molar-refractivity contribution in [2.75, 3.05) is 19.7 Å². The largest absolute Gasteiger partial charge is 0.491 e. The molecule has 0 radical (unpaired) electrons. The van der Waals surface area contributed by atoms with Crippen LogP contribution in [-0.4, -0.2) is 53.5 Å². The molecule has 2 heterocycles. The average Bonchev–Trinajstić information content (AvgIpc) is 3.11. The zero-order valence-corrected chi connectivity index (χ0v) is 20.7. The summed E-state index contributed by atoms with van der Waals surface area (Å²) in [4.78, 5) is 43.1. The summed E-state index contributed by atoms with van der Waals surface area (Å²) in [5, 5.41) is 3.00.